The normalized spacial score (nSPS) is 25.3. The first-order valence-corrected chi connectivity index (χ1v) is 6.65. The summed E-state index contributed by atoms with van der Waals surface area (Å²) < 4.78 is 0. The average molecular weight is 256 g/mol. The Hall–Kier alpha value is -1.26. The number of amides is 2. The number of carboxylic acid groups (broad SMARTS) is 1. The third-order valence-electron chi connectivity index (χ3n) is 3.70. The summed E-state index contributed by atoms with van der Waals surface area (Å²) in [6.07, 6.45) is 4.36. The van der Waals surface area contributed by atoms with Gasteiger partial charge in [-0.1, -0.05) is 6.92 Å². The van der Waals surface area contributed by atoms with Crippen molar-refractivity contribution in [2.75, 3.05) is 7.05 Å². The van der Waals surface area contributed by atoms with Gasteiger partial charge >= 0.3 is 12.0 Å². The topological polar surface area (TPSA) is 69.6 Å². The first kappa shape index (κ1) is 14.8. The minimum Gasteiger partial charge on any atom is -0.481 e. The molecule has 0 spiro atoms. The van der Waals surface area contributed by atoms with Crippen LogP contribution >= 0.6 is 0 Å². The van der Waals surface area contributed by atoms with Gasteiger partial charge in [-0.3, -0.25) is 4.79 Å². The Balaban J connectivity index is 2.38. The summed E-state index contributed by atoms with van der Waals surface area (Å²) in [4.78, 5) is 24.2. The fourth-order valence-corrected chi connectivity index (χ4v) is 2.42. The second kappa shape index (κ2) is 6.61. The summed E-state index contributed by atoms with van der Waals surface area (Å²) in [7, 11) is 1.80. The molecule has 1 aliphatic rings. The Labute approximate surface area is 109 Å². The number of hydrogen-bond donors (Lipinski definition) is 2. The second-order valence-electron chi connectivity index (χ2n) is 5.47. The van der Waals surface area contributed by atoms with Crippen molar-refractivity contribution in [1.82, 2.24) is 10.2 Å². The van der Waals surface area contributed by atoms with Gasteiger partial charge in [-0.15, -0.1) is 0 Å². The van der Waals surface area contributed by atoms with Gasteiger partial charge < -0.3 is 15.3 Å². The highest BCUT2D eigenvalue weighted by Crippen LogP contribution is 2.26. The first-order chi connectivity index (χ1) is 8.40. The molecule has 5 nitrogen and oxygen atoms in total. The van der Waals surface area contributed by atoms with Crippen molar-refractivity contribution < 1.29 is 14.7 Å². The van der Waals surface area contributed by atoms with Gasteiger partial charge in [-0.05, 0) is 38.5 Å². The van der Waals surface area contributed by atoms with Gasteiger partial charge in [0, 0.05) is 19.1 Å². The molecule has 1 unspecified atom stereocenters. The lowest BCUT2D eigenvalue weighted by molar-refractivity contribution is -0.137. The van der Waals surface area contributed by atoms with E-state index >= 15 is 0 Å². The van der Waals surface area contributed by atoms with Crippen LogP contribution in [0, 0.1) is 5.92 Å². The van der Waals surface area contributed by atoms with Crippen LogP contribution in [0.3, 0.4) is 0 Å². The molecule has 0 aromatic carbocycles. The van der Waals surface area contributed by atoms with Crippen molar-refractivity contribution in [2.45, 2.75) is 58.0 Å². The van der Waals surface area contributed by atoms with Crippen molar-refractivity contribution in [3.8, 4) is 0 Å². The highest BCUT2D eigenvalue weighted by Gasteiger charge is 2.25. The Bertz CT molecular complexity index is 299. The minimum atomic E-state index is -0.892. The third kappa shape index (κ3) is 4.55. The molecular weight excluding hydrogens is 232 g/mol. The maximum absolute atomic E-state index is 11.9. The van der Waals surface area contributed by atoms with Crippen LogP contribution in [0.4, 0.5) is 4.79 Å². The molecule has 5 heteroatoms. The molecule has 104 valence electrons. The van der Waals surface area contributed by atoms with Gasteiger partial charge in [-0.25, -0.2) is 4.79 Å². The molecule has 1 saturated carbocycles. The number of nitrogens with zero attached hydrogens (tertiary/aromatic N) is 1. The predicted octanol–water partition coefficient (Wildman–Crippen LogP) is 2.07. The Morgan fingerprint density at radius 1 is 1.33 bits per heavy atom. The summed E-state index contributed by atoms with van der Waals surface area (Å²) in [6.45, 7) is 3.95. The number of carbonyl (C=O) groups is 2. The molecule has 0 aromatic heterocycles. The van der Waals surface area contributed by atoms with Crippen LogP contribution in [0.1, 0.15) is 46.0 Å². The second-order valence-corrected chi connectivity index (χ2v) is 5.47. The lowest BCUT2D eigenvalue weighted by Crippen LogP contribution is -2.47. The number of urea groups is 1. The van der Waals surface area contributed by atoms with Crippen LogP contribution < -0.4 is 5.32 Å². The number of nitrogens with one attached hydrogen (secondary N) is 1. The molecule has 1 atom stereocenters. The number of hydrogen-bond acceptors (Lipinski definition) is 2. The smallest absolute Gasteiger partial charge is 0.317 e. The van der Waals surface area contributed by atoms with E-state index in [1.54, 1.807) is 18.9 Å². The Morgan fingerprint density at radius 3 is 2.39 bits per heavy atom. The van der Waals surface area contributed by atoms with Gasteiger partial charge in [-0.2, -0.15) is 0 Å². The summed E-state index contributed by atoms with van der Waals surface area (Å²) in [5.74, 6) is -0.138. The molecule has 1 rings (SSSR count). The molecule has 0 aromatic rings. The average Bonchev–Trinajstić information content (AvgIpc) is 2.27. The SMILES string of the molecule is CC1CCC(N(C)C(=O)NC(C)CC(=O)O)CC1. The van der Waals surface area contributed by atoms with Gasteiger partial charge in [0.05, 0.1) is 6.42 Å². The standard InChI is InChI=1S/C13H24N2O3/c1-9-4-6-11(7-5-9)15(3)13(18)14-10(2)8-12(16)17/h9-11H,4-8H2,1-3H3,(H,14,18)(H,16,17). The number of carbonyl (C=O) groups excluding carboxylic acids is 1. The van der Waals surface area contributed by atoms with E-state index in [0.29, 0.717) is 6.04 Å². The van der Waals surface area contributed by atoms with Crippen molar-refractivity contribution in [3.63, 3.8) is 0 Å². The molecule has 1 fully saturated rings. The zero-order chi connectivity index (χ0) is 13.7. The van der Waals surface area contributed by atoms with Gasteiger partial charge in [0.25, 0.3) is 0 Å². The fraction of sp³-hybridized carbons (Fsp3) is 0.846. The Kier molecular flexibility index (Phi) is 5.44. The molecule has 0 radical (unpaired) electrons. The fourth-order valence-electron chi connectivity index (χ4n) is 2.42. The van der Waals surface area contributed by atoms with E-state index in [9.17, 15) is 9.59 Å². The van der Waals surface area contributed by atoms with E-state index in [1.807, 2.05) is 0 Å². The maximum Gasteiger partial charge on any atom is 0.317 e. The van der Waals surface area contributed by atoms with E-state index < -0.39 is 5.97 Å². The van der Waals surface area contributed by atoms with Gasteiger partial charge in [0.1, 0.15) is 0 Å². The maximum atomic E-state index is 11.9. The predicted molar refractivity (Wildman–Crippen MR) is 69.4 cm³/mol. The summed E-state index contributed by atoms with van der Waals surface area (Å²) in [5, 5.41) is 11.4. The van der Waals surface area contributed by atoms with E-state index in [1.165, 1.54) is 0 Å². The molecule has 0 saturated heterocycles. The molecule has 0 heterocycles. The number of rotatable bonds is 4. The molecule has 18 heavy (non-hydrogen) atoms. The quantitative estimate of drug-likeness (QED) is 0.809. The molecule has 2 N–H and O–H groups in total. The number of carboxylic acids is 1. The Morgan fingerprint density at radius 2 is 1.89 bits per heavy atom. The largest absolute Gasteiger partial charge is 0.481 e. The van der Waals surface area contributed by atoms with E-state index in [0.717, 1.165) is 31.6 Å². The first-order valence-electron chi connectivity index (χ1n) is 6.65. The molecule has 0 aliphatic heterocycles. The van der Waals surface area contributed by atoms with E-state index in [2.05, 4.69) is 12.2 Å². The van der Waals surface area contributed by atoms with Crippen molar-refractivity contribution >= 4 is 12.0 Å². The summed E-state index contributed by atoms with van der Waals surface area (Å²) in [6, 6.07) is -0.207. The zero-order valence-electron chi connectivity index (χ0n) is 11.5. The lowest BCUT2D eigenvalue weighted by atomic mass is 9.87. The van der Waals surface area contributed by atoms with Crippen molar-refractivity contribution in [1.29, 1.82) is 0 Å². The zero-order valence-corrected chi connectivity index (χ0v) is 11.5. The minimum absolute atomic E-state index is 0.0404. The highest BCUT2D eigenvalue weighted by molar-refractivity contribution is 5.75. The molecule has 0 bridgehead atoms. The third-order valence-corrected chi connectivity index (χ3v) is 3.70. The van der Waals surface area contributed by atoms with E-state index in [4.69, 9.17) is 5.11 Å². The highest BCUT2D eigenvalue weighted by atomic mass is 16.4. The van der Waals surface area contributed by atoms with Crippen LogP contribution in [0.25, 0.3) is 0 Å². The number of aliphatic carboxylic acids is 1. The summed E-state index contributed by atoms with van der Waals surface area (Å²) in [5.41, 5.74) is 0. The van der Waals surface area contributed by atoms with Crippen LogP contribution in [0.5, 0.6) is 0 Å². The molecule has 1 aliphatic carbocycles. The van der Waals surface area contributed by atoms with Crippen LogP contribution in [0.15, 0.2) is 0 Å². The lowest BCUT2D eigenvalue weighted by Gasteiger charge is -2.34. The van der Waals surface area contributed by atoms with Crippen LogP contribution in [-0.4, -0.2) is 41.1 Å². The molecular formula is C13H24N2O3. The van der Waals surface area contributed by atoms with E-state index in [-0.39, 0.29) is 18.5 Å². The van der Waals surface area contributed by atoms with Crippen LogP contribution in [-0.2, 0) is 4.79 Å². The van der Waals surface area contributed by atoms with Gasteiger partial charge in [0.2, 0.25) is 0 Å². The van der Waals surface area contributed by atoms with Crippen molar-refractivity contribution in [2.24, 2.45) is 5.92 Å². The monoisotopic (exact) mass is 256 g/mol. The van der Waals surface area contributed by atoms with Crippen LogP contribution in [0.2, 0.25) is 0 Å². The molecule has 2 amide bonds. The van der Waals surface area contributed by atoms with Crippen molar-refractivity contribution in [3.05, 3.63) is 0 Å². The summed E-state index contributed by atoms with van der Waals surface area (Å²) >= 11 is 0. The van der Waals surface area contributed by atoms with Gasteiger partial charge in [0.15, 0.2) is 0 Å².